The smallest absolute Gasteiger partial charge is 0.0486 e. The molecule has 1 aliphatic rings. The van der Waals surface area contributed by atoms with Crippen molar-refractivity contribution in [2.24, 2.45) is 4.99 Å². The second-order valence-corrected chi connectivity index (χ2v) is 2.06. The summed E-state index contributed by atoms with van der Waals surface area (Å²) in [4.78, 5) is 4.10. The summed E-state index contributed by atoms with van der Waals surface area (Å²) in [5.74, 6) is 0. The van der Waals surface area contributed by atoms with E-state index in [1.807, 2.05) is 20.1 Å². The first-order chi connectivity index (χ1) is 5.43. The lowest BCUT2D eigenvalue weighted by Gasteiger charge is -2.02. The van der Waals surface area contributed by atoms with E-state index in [2.05, 4.69) is 11.1 Å². The summed E-state index contributed by atoms with van der Waals surface area (Å²) in [6.07, 6.45) is 6.82. The molecule has 2 heteroatoms. The van der Waals surface area contributed by atoms with Crippen LogP contribution < -0.4 is 0 Å². The molecule has 0 aliphatic carbocycles. The van der Waals surface area contributed by atoms with Gasteiger partial charge in [0.25, 0.3) is 0 Å². The maximum absolute atomic E-state index is 8.50. The van der Waals surface area contributed by atoms with E-state index in [1.165, 1.54) is 0 Å². The average molecular weight is 155 g/mol. The van der Waals surface area contributed by atoms with Gasteiger partial charge in [0, 0.05) is 24.9 Å². The van der Waals surface area contributed by atoms with E-state index < -0.39 is 0 Å². The standard InChI is InChI=1S/C7H11NO.C2H6/c9-6-4-7-3-1-2-5-8-7;1-2/h3,5,9H,1-2,4,6H2;1-2H3. The van der Waals surface area contributed by atoms with E-state index in [0.717, 1.165) is 18.5 Å². The van der Waals surface area contributed by atoms with Crippen LogP contribution in [0.1, 0.15) is 33.1 Å². The first-order valence-corrected chi connectivity index (χ1v) is 4.26. The fourth-order valence-corrected chi connectivity index (χ4v) is 0.840. The molecule has 0 unspecified atom stereocenters. The van der Waals surface area contributed by atoms with Gasteiger partial charge in [-0.2, -0.15) is 0 Å². The van der Waals surface area contributed by atoms with Gasteiger partial charge >= 0.3 is 0 Å². The number of aliphatic imine (C=N–C) groups is 1. The second-order valence-electron chi connectivity index (χ2n) is 2.06. The first-order valence-electron chi connectivity index (χ1n) is 4.26. The minimum atomic E-state index is 0.211. The highest BCUT2D eigenvalue weighted by molar-refractivity contribution is 5.60. The van der Waals surface area contributed by atoms with Crippen molar-refractivity contribution < 1.29 is 5.11 Å². The summed E-state index contributed by atoms with van der Waals surface area (Å²) >= 11 is 0. The molecule has 0 bridgehead atoms. The third kappa shape index (κ3) is 4.73. The zero-order valence-electron chi connectivity index (χ0n) is 7.38. The van der Waals surface area contributed by atoms with Crippen LogP contribution in [0.25, 0.3) is 0 Å². The Morgan fingerprint density at radius 2 is 2.18 bits per heavy atom. The summed E-state index contributed by atoms with van der Waals surface area (Å²) < 4.78 is 0. The monoisotopic (exact) mass is 155 g/mol. The SMILES string of the molecule is CC.OCCC1=CCCC=N1. The molecule has 0 aromatic rings. The van der Waals surface area contributed by atoms with Crippen molar-refractivity contribution in [1.29, 1.82) is 0 Å². The Balaban J connectivity index is 0.000000461. The van der Waals surface area contributed by atoms with Crippen LogP contribution in [-0.2, 0) is 0 Å². The van der Waals surface area contributed by atoms with Crippen molar-refractivity contribution in [1.82, 2.24) is 0 Å². The molecule has 64 valence electrons. The molecular formula is C9H17NO. The second kappa shape index (κ2) is 7.48. The van der Waals surface area contributed by atoms with Gasteiger partial charge in [0.2, 0.25) is 0 Å². The van der Waals surface area contributed by atoms with Gasteiger partial charge in [-0.05, 0) is 12.8 Å². The number of hydrogen-bond donors (Lipinski definition) is 1. The highest BCUT2D eigenvalue weighted by Crippen LogP contribution is 2.08. The quantitative estimate of drug-likeness (QED) is 0.651. The Hall–Kier alpha value is -0.630. The molecule has 11 heavy (non-hydrogen) atoms. The zero-order chi connectivity index (χ0) is 8.53. The number of rotatable bonds is 2. The molecule has 0 aromatic heterocycles. The highest BCUT2D eigenvalue weighted by atomic mass is 16.3. The van der Waals surface area contributed by atoms with Gasteiger partial charge in [-0.1, -0.05) is 19.9 Å². The van der Waals surface area contributed by atoms with Crippen LogP contribution in [-0.4, -0.2) is 17.9 Å². The first kappa shape index (κ1) is 10.4. The lowest BCUT2D eigenvalue weighted by molar-refractivity contribution is 0.298. The van der Waals surface area contributed by atoms with Crippen LogP contribution in [0, 0.1) is 0 Å². The van der Waals surface area contributed by atoms with Gasteiger partial charge < -0.3 is 5.11 Å². The summed E-state index contributed by atoms with van der Waals surface area (Å²) in [7, 11) is 0. The molecule has 0 spiro atoms. The van der Waals surface area contributed by atoms with Crippen molar-refractivity contribution in [3.05, 3.63) is 11.8 Å². The van der Waals surface area contributed by atoms with E-state index >= 15 is 0 Å². The number of aliphatic hydroxyl groups excluding tert-OH is 1. The van der Waals surface area contributed by atoms with Crippen LogP contribution in [0.5, 0.6) is 0 Å². The maximum atomic E-state index is 8.50. The van der Waals surface area contributed by atoms with Gasteiger partial charge in [-0.25, -0.2) is 0 Å². The molecule has 0 saturated carbocycles. The van der Waals surface area contributed by atoms with E-state index in [1.54, 1.807) is 0 Å². The van der Waals surface area contributed by atoms with Gasteiger partial charge in [-0.3, -0.25) is 4.99 Å². The summed E-state index contributed by atoms with van der Waals surface area (Å²) in [6.45, 7) is 4.21. The molecule has 0 atom stereocenters. The van der Waals surface area contributed by atoms with Crippen LogP contribution in [0.3, 0.4) is 0 Å². The molecule has 1 heterocycles. The Bertz CT molecular complexity index is 138. The fourth-order valence-electron chi connectivity index (χ4n) is 0.840. The minimum Gasteiger partial charge on any atom is -0.396 e. The highest BCUT2D eigenvalue weighted by Gasteiger charge is 1.95. The fraction of sp³-hybridized carbons (Fsp3) is 0.667. The minimum absolute atomic E-state index is 0.211. The van der Waals surface area contributed by atoms with Crippen LogP contribution in [0.15, 0.2) is 16.8 Å². The number of aliphatic hydroxyl groups is 1. The van der Waals surface area contributed by atoms with Crippen molar-refractivity contribution in [3.8, 4) is 0 Å². The third-order valence-electron chi connectivity index (χ3n) is 1.30. The van der Waals surface area contributed by atoms with Gasteiger partial charge in [0.15, 0.2) is 0 Å². The Morgan fingerprint density at radius 3 is 2.64 bits per heavy atom. The molecule has 0 amide bonds. The molecule has 0 aromatic carbocycles. The van der Waals surface area contributed by atoms with E-state index in [0.29, 0.717) is 6.42 Å². The number of hydrogen-bond acceptors (Lipinski definition) is 2. The van der Waals surface area contributed by atoms with Crippen molar-refractivity contribution >= 4 is 6.21 Å². The lowest BCUT2D eigenvalue weighted by atomic mass is 10.2. The predicted molar refractivity (Wildman–Crippen MR) is 48.9 cm³/mol. The van der Waals surface area contributed by atoms with Crippen LogP contribution >= 0.6 is 0 Å². The third-order valence-corrected chi connectivity index (χ3v) is 1.30. The topological polar surface area (TPSA) is 32.6 Å². The van der Waals surface area contributed by atoms with Crippen LogP contribution in [0.2, 0.25) is 0 Å². The van der Waals surface area contributed by atoms with Crippen molar-refractivity contribution in [3.63, 3.8) is 0 Å². The Labute approximate surface area is 68.7 Å². The molecule has 1 N–H and O–H groups in total. The van der Waals surface area contributed by atoms with Crippen LogP contribution in [0.4, 0.5) is 0 Å². The molecule has 1 aliphatic heterocycles. The average Bonchev–Trinajstić information content (AvgIpc) is 2.11. The summed E-state index contributed by atoms with van der Waals surface area (Å²) in [5.41, 5.74) is 1.03. The van der Waals surface area contributed by atoms with Gasteiger partial charge in [0.1, 0.15) is 0 Å². The normalized spacial score (nSPS) is 15.0. The Morgan fingerprint density at radius 1 is 1.45 bits per heavy atom. The summed E-state index contributed by atoms with van der Waals surface area (Å²) in [6, 6.07) is 0. The molecule has 0 saturated heterocycles. The van der Waals surface area contributed by atoms with Crippen molar-refractivity contribution in [2.45, 2.75) is 33.1 Å². The molecule has 2 nitrogen and oxygen atoms in total. The van der Waals surface area contributed by atoms with E-state index in [-0.39, 0.29) is 6.61 Å². The largest absolute Gasteiger partial charge is 0.396 e. The molecule has 0 fully saturated rings. The number of allylic oxidation sites excluding steroid dienone is 1. The molecule has 0 radical (unpaired) electrons. The van der Waals surface area contributed by atoms with E-state index in [4.69, 9.17) is 5.11 Å². The Kier molecular flexibility index (Phi) is 7.05. The van der Waals surface area contributed by atoms with Gasteiger partial charge in [0.05, 0.1) is 0 Å². The lowest BCUT2D eigenvalue weighted by Crippen LogP contribution is -1.91. The van der Waals surface area contributed by atoms with E-state index in [9.17, 15) is 0 Å². The van der Waals surface area contributed by atoms with Crippen molar-refractivity contribution in [2.75, 3.05) is 6.61 Å². The predicted octanol–water partition coefficient (Wildman–Crippen LogP) is 2.14. The zero-order valence-corrected chi connectivity index (χ0v) is 7.38. The number of nitrogens with zero attached hydrogens (tertiary/aromatic N) is 1. The molecular weight excluding hydrogens is 138 g/mol. The maximum Gasteiger partial charge on any atom is 0.0486 e. The summed E-state index contributed by atoms with van der Waals surface area (Å²) in [5, 5.41) is 8.50. The molecule has 1 rings (SSSR count). The van der Waals surface area contributed by atoms with Gasteiger partial charge in [-0.15, -0.1) is 0 Å².